The first-order chi connectivity index (χ1) is 13.8. The molecule has 0 bridgehead atoms. The second-order valence-corrected chi connectivity index (χ2v) is 7.67. The third-order valence-corrected chi connectivity index (χ3v) is 5.70. The molecule has 29 heavy (non-hydrogen) atoms. The van der Waals surface area contributed by atoms with Crippen LogP contribution in [0.1, 0.15) is 47.7 Å². The van der Waals surface area contributed by atoms with Gasteiger partial charge in [0.15, 0.2) is 0 Å². The summed E-state index contributed by atoms with van der Waals surface area (Å²) < 4.78 is 13.2. The van der Waals surface area contributed by atoms with E-state index < -0.39 is 12.0 Å². The SMILES string of the molecule is CN(c1ccc(F)cc1)C1CCCC(NCC(O)c2ccc(O)c(C(N)=O)c2)C1. The Morgan fingerprint density at radius 3 is 2.69 bits per heavy atom. The summed E-state index contributed by atoms with van der Waals surface area (Å²) in [5.74, 6) is -1.17. The highest BCUT2D eigenvalue weighted by Gasteiger charge is 2.25. The molecule has 0 spiro atoms. The zero-order chi connectivity index (χ0) is 21.0. The summed E-state index contributed by atoms with van der Waals surface area (Å²) in [4.78, 5) is 13.6. The number of carbonyl (C=O) groups is 1. The van der Waals surface area contributed by atoms with Crippen molar-refractivity contribution in [1.29, 1.82) is 0 Å². The summed E-state index contributed by atoms with van der Waals surface area (Å²) in [6, 6.07) is 11.5. The van der Waals surface area contributed by atoms with Crippen molar-refractivity contribution in [2.75, 3.05) is 18.5 Å². The Hall–Kier alpha value is -2.64. The van der Waals surface area contributed by atoms with Gasteiger partial charge in [0, 0.05) is 31.4 Å². The second kappa shape index (κ2) is 9.24. The van der Waals surface area contributed by atoms with Gasteiger partial charge in [-0.3, -0.25) is 4.79 Å². The van der Waals surface area contributed by atoms with Gasteiger partial charge in [0.25, 0.3) is 5.91 Å². The van der Waals surface area contributed by atoms with Crippen molar-refractivity contribution in [1.82, 2.24) is 5.32 Å². The number of hydrogen-bond donors (Lipinski definition) is 4. The van der Waals surface area contributed by atoms with Gasteiger partial charge >= 0.3 is 0 Å². The number of rotatable bonds is 7. The van der Waals surface area contributed by atoms with Crippen LogP contribution in [-0.4, -0.2) is 41.8 Å². The van der Waals surface area contributed by atoms with Crippen molar-refractivity contribution in [3.63, 3.8) is 0 Å². The summed E-state index contributed by atoms with van der Waals surface area (Å²) in [5, 5.41) is 23.6. The Labute approximate surface area is 170 Å². The number of phenols is 1. The van der Waals surface area contributed by atoms with Crippen LogP contribution in [0, 0.1) is 5.82 Å². The number of benzene rings is 2. The fraction of sp³-hybridized carbons (Fsp3) is 0.409. The van der Waals surface area contributed by atoms with Gasteiger partial charge in [0.2, 0.25) is 0 Å². The third kappa shape index (κ3) is 5.25. The molecule has 3 unspecified atom stereocenters. The lowest BCUT2D eigenvalue weighted by Crippen LogP contribution is -2.44. The number of nitrogens with two attached hydrogens (primary N) is 1. The number of anilines is 1. The van der Waals surface area contributed by atoms with Crippen molar-refractivity contribution >= 4 is 11.6 Å². The van der Waals surface area contributed by atoms with E-state index in [4.69, 9.17) is 5.73 Å². The topological polar surface area (TPSA) is 98.8 Å². The maximum atomic E-state index is 13.2. The van der Waals surface area contributed by atoms with Gasteiger partial charge in [-0.15, -0.1) is 0 Å². The number of primary amides is 1. The predicted octanol–water partition coefficient (Wildman–Crippen LogP) is 2.70. The average molecular weight is 401 g/mol. The van der Waals surface area contributed by atoms with Gasteiger partial charge in [0.1, 0.15) is 11.6 Å². The Balaban J connectivity index is 1.57. The van der Waals surface area contributed by atoms with E-state index in [1.807, 2.05) is 7.05 Å². The zero-order valence-electron chi connectivity index (χ0n) is 16.5. The van der Waals surface area contributed by atoms with E-state index in [1.165, 1.54) is 24.3 Å². The molecule has 7 heteroatoms. The summed E-state index contributed by atoms with van der Waals surface area (Å²) in [5.41, 5.74) is 6.77. The smallest absolute Gasteiger partial charge is 0.252 e. The molecule has 3 rings (SSSR count). The van der Waals surface area contributed by atoms with Crippen LogP contribution >= 0.6 is 0 Å². The summed E-state index contributed by atoms with van der Waals surface area (Å²) in [6.07, 6.45) is 3.25. The van der Waals surface area contributed by atoms with E-state index >= 15 is 0 Å². The molecule has 1 saturated carbocycles. The van der Waals surface area contributed by atoms with Crippen LogP contribution in [0.25, 0.3) is 0 Å². The summed E-state index contributed by atoms with van der Waals surface area (Å²) in [6.45, 7) is 0.334. The quantitative estimate of drug-likeness (QED) is 0.572. The maximum Gasteiger partial charge on any atom is 0.252 e. The van der Waals surface area contributed by atoms with Gasteiger partial charge in [0.05, 0.1) is 11.7 Å². The van der Waals surface area contributed by atoms with E-state index in [2.05, 4.69) is 10.2 Å². The van der Waals surface area contributed by atoms with Gasteiger partial charge in [-0.25, -0.2) is 4.39 Å². The normalized spacial score (nSPS) is 20.2. The Morgan fingerprint density at radius 2 is 2.00 bits per heavy atom. The van der Waals surface area contributed by atoms with Crippen LogP contribution in [0.15, 0.2) is 42.5 Å². The molecule has 0 saturated heterocycles. The van der Waals surface area contributed by atoms with Crippen molar-refractivity contribution in [3.05, 3.63) is 59.4 Å². The number of aliphatic hydroxyl groups is 1. The molecule has 0 aliphatic heterocycles. The van der Waals surface area contributed by atoms with E-state index in [1.54, 1.807) is 18.2 Å². The fourth-order valence-electron chi connectivity index (χ4n) is 3.94. The molecule has 2 aromatic rings. The van der Waals surface area contributed by atoms with Crippen LogP contribution in [0.5, 0.6) is 5.75 Å². The number of halogens is 1. The first-order valence-corrected chi connectivity index (χ1v) is 9.87. The molecular formula is C22H28FN3O3. The van der Waals surface area contributed by atoms with E-state index in [0.717, 1.165) is 31.4 Å². The molecule has 2 aromatic carbocycles. The van der Waals surface area contributed by atoms with Crippen LogP contribution < -0.4 is 16.0 Å². The Kier molecular flexibility index (Phi) is 6.71. The van der Waals surface area contributed by atoms with Crippen LogP contribution in [-0.2, 0) is 0 Å². The van der Waals surface area contributed by atoms with Gasteiger partial charge in [-0.2, -0.15) is 0 Å². The minimum absolute atomic E-state index is 0.000188. The second-order valence-electron chi connectivity index (χ2n) is 7.67. The summed E-state index contributed by atoms with van der Waals surface area (Å²) >= 11 is 0. The van der Waals surface area contributed by atoms with Crippen molar-refractivity contribution in [3.8, 4) is 5.75 Å². The van der Waals surface area contributed by atoms with E-state index in [-0.39, 0.29) is 23.2 Å². The predicted molar refractivity (Wildman–Crippen MR) is 110 cm³/mol. The maximum absolute atomic E-state index is 13.2. The molecule has 0 heterocycles. The molecular weight excluding hydrogens is 373 g/mol. The van der Waals surface area contributed by atoms with Gasteiger partial charge in [-0.1, -0.05) is 6.07 Å². The van der Waals surface area contributed by atoms with Gasteiger partial charge < -0.3 is 26.2 Å². The number of aromatic hydroxyl groups is 1. The summed E-state index contributed by atoms with van der Waals surface area (Å²) in [7, 11) is 2.02. The fourth-order valence-corrected chi connectivity index (χ4v) is 3.94. The van der Waals surface area contributed by atoms with E-state index in [0.29, 0.717) is 18.2 Å². The van der Waals surface area contributed by atoms with Crippen LogP contribution in [0.2, 0.25) is 0 Å². The van der Waals surface area contributed by atoms with Crippen molar-refractivity contribution < 1.29 is 19.4 Å². The zero-order valence-corrected chi connectivity index (χ0v) is 16.5. The first-order valence-electron chi connectivity index (χ1n) is 9.87. The molecule has 0 aromatic heterocycles. The molecule has 5 N–H and O–H groups in total. The largest absolute Gasteiger partial charge is 0.507 e. The lowest BCUT2D eigenvalue weighted by Gasteiger charge is -2.37. The van der Waals surface area contributed by atoms with Crippen molar-refractivity contribution in [2.45, 2.75) is 43.9 Å². The molecule has 1 amide bonds. The highest BCUT2D eigenvalue weighted by molar-refractivity contribution is 5.95. The lowest BCUT2D eigenvalue weighted by atomic mass is 9.89. The highest BCUT2D eigenvalue weighted by atomic mass is 19.1. The molecule has 156 valence electrons. The lowest BCUT2D eigenvalue weighted by molar-refractivity contribution is 0.0997. The Morgan fingerprint density at radius 1 is 1.28 bits per heavy atom. The number of carbonyl (C=O) groups excluding carboxylic acids is 1. The average Bonchev–Trinajstić information content (AvgIpc) is 2.72. The van der Waals surface area contributed by atoms with Gasteiger partial charge in [-0.05, 0) is 67.6 Å². The molecule has 1 aliphatic rings. The molecule has 1 fully saturated rings. The highest BCUT2D eigenvalue weighted by Crippen LogP contribution is 2.27. The van der Waals surface area contributed by atoms with Crippen LogP contribution in [0.3, 0.4) is 0 Å². The first kappa shape index (κ1) is 21.1. The number of nitrogens with zero attached hydrogens (tertiary/aromatic N) is 1. The molecule has 0 radical (unpaired) electrons. The number of aliphatic hydroxyl groups excluding tert-OH is 1. The Bertz CT molecular complexity index is 844. The third-order valence-electron chi connectivity index (χ3n) is 5.70. The number of nitrogens with one attached hydrogen (secondary N) is 1. The molecule has 3 atom stereocenters. The van der Waals surface area contributed by atoms with Crippen LogP contribution in [0.4, 0.5) is 10.1 Å². The number of amides is 1. The monoisotopic (exact) mass is 401 g/mol. The van der Waals surface area contributed by atoms with E-state index in [9.17, 15) is 19.4 Å². The molecule has 6 nitrogen and oxygen atoms in total. The minimum atomic E-state index is -0.816. The van der Waals surface area contributed by atoms with Crippen molar-refractivity contribution in [2.24, 2.45) is 5.73 Å². The number of hydrogen-bond acceptors (Lipinski definition) is 5. The minimum Gasteiger partial charge on any atom is -0.507 e. The molecule has 1 aliphatic carbocycles. The standard InChI is InChI=1S/C22H28FN3O3/c1-26(17-8-6-15(23)7-9-17)18-4-2-3-16(12-18)25-13-21(28)14-5-10-20(27)19(11-14)22(24)29/h5-11,16,18,21,25,27-28H,2-4,12-13H2,1H3,(H2,24,29).